The Morgan fingerprint density at radius 2 is 1.75 bits per heavy atom. The van der Waals surface area contributed by atoms with Gasteiger partial charge in [-0.1, -0.05) is 0 Å². The number of aromatic amines is 1. The second kappa shape index (κ2) is 2.95. The maximum Gasteiger partial charge on any atom is 0.108 e. The first-order chi connectivity index (χ1) is 5.29. The molecule has 1 heterocycles. The molecule has 0 saturated carbocycles. The minimum atomic E-state index is 0. The van der Waals surface area contributed by atoms with Gasteiger partial charge in [-0.05, 0) is 18.2 Å². The molecule has 0 saturated heterocycles. The number of H-pyrrole nitrogens is 1. The fourth-order valence-electron chi connectivity index (χ4n) is 1.22. The molecule has 0 aromatic heterocycles. The van der Waals surface area contributed by atoms with E-state index in [2.05, 4.69) is 4.98 Å². The van der Waals surface area contributed by atoms with Crippen LogP contribution < -0.4 is 11.5 Å². The molecular weight excluding hydrogens is 174 g/mol. The third-order valence-corrected chi connectivity index (χ3v) is 1.81. The van der Waals surface area contributed by atoms with Gasteiger partial charge >= 0.3 is 0 Å². The fourth-order valence-corrected chi connectivity index (χ4v) is 1.22. The SMILES string of the molecule is Cl.Nc1ccc2c(N)[nH]ccc1-2. The first kappa shape index (κ1) is 8.74. The molecule has 4 heteroatoms. The number of rotatable bonds is 0. The highest BCUT2D eigenvalue weighted by atomic mass is 35.5. The lowest BCUT2D eigenvalue weighted by Gasteiger charge is -2.02. The highest BCUT2D eigenvalue weighted by Gasteiger charge is 2.08. The van der Waals surface area contributed by atoms with Crippen molar-refractivity contribution in [1.29, 1.82) is 0 Å². The van der Waals surface area contributed by atoms with Crippen molar-refractivity contribution >= 4 is 23.9 Å². The van der Waals surface area contributed by atoms with E-state index in [1.165, 1.54) is 0 Å². The monoisotopic (exact) mass is 183 g/mol. The summed E-state index contributed by atoms with van der Waals surface area (Å²) in [5.74, 6) is 0.666. The van der Waals surface area contributed by atoms with Gasteiger partial charge in [-0.2, -0.15) is 0 Å². The van der Waals surface area contributed by atoms with Crippen LogP contribution >= 0.6 is 12.4 Å². The van der Waals surface area contributed by atoms with Crippen LogP contribution in [0.2, 0.25) is 0 Å². The molecule has 0 aromatic rings. The molecule has 5 N–H and O–H groups in total. The summed E-state index contributed by atoms with van der Waals surface area (Å²) in [5.41, 5.74) is 14.1. The number of fused-ring (bicyclic) bond motifs is 1. The molecule has 0 unspecified atom stereocenters. The van der Waals surface area contributed by atoms with Crippen molar-refractivity contribution in [2.24, 2.45) is 0 Å². The van der Waals surface area contributed by atoms with Crippen LogP contribution in [0.25, 0.3) is 11.1 Å². The van der Waals surface area contributed by atoms with E-state index in [4.69, 9.17) is 11.5 Å². The molecule has 0 radical (unpaired) electrons. The highest BCUT2D eigenvalue weighted by molar-refractivity contribution is 5.86. The zero-order valence-corrected chi connectivity index (χ0v) is 7.19. The third kappa shape index (κ3) is 1.08. The smallest absolute Gasteiger partial charge is 0.108 e. The average molecular weight is 184 g/mol. The van der Waals surface area contributed by atoms with E-state index in [0.29, 0.717) is 5.82 Å². The average Bonchev–Trinajstić information content (AvgIpc) is 2.35. The maximum atomic E-state index is 5.68. The normalized spacial score (nSPS) is 9.67. The van der Waals surface area contributed by atoms with Crippen LogP contribution in [0.4, 0.5) is 11.5 Å². The standard InChI is InChI=1S/C8H9N3.ClH/c9-7-2-1-6-5(7)3-4-11-8(6)10;/h1-4,11H,9-10H2;1H. The first-order valence-electron chi connectivity index (χ1n) is 3.40. The summed E-state index contributed by atoms with van der Waals surface area (Å²) in [4.78, 5) is 2.91. The van der Waals surface area contributed by atoms with E-state index in [-0.39, 0.29) is 12.4 Å². The maximum absolute atomic E-state index is 5.68. The van der Waals surface area contributed by atoms with Crippen molar-refractivity contribution in [3.8, 4) is 11.1 Å². The summed E-state index contributed by atoms with van der Waals surface area (Å²) in [6.45, 7) is 0. The number of anilines is 2. The van der Waals surface area contributed by atoms with Crippen molar-refractivity contribution in [2.75, 3.05) is 11.5 Å². The number of hydrogen-bond donors (Lipinski definition) is 3. The Morgan fingerprint density at radius 1 is 1.00 bits per heavy atom. The van der Waals surface area contributed by atoms with E-state index < -0.39 is 0 Å². The zero-order valence-electron chi connectivity index (χ0n) is 6.37. The second-order valence-corrected chi connectivity index (χ2v) is 2.51. The number of aromatic nitrogens is 1. The van der Waals surface area contributed by atoms with Crippen LogP contribution in [0.15, 0.2) is 24.4 Å². The Labute approximate surface area is 76.5 Å². The summed E-state index contributed by atoms with van der Waals surface area (Å²) in [5, 5.41) is 0. The summed E-state index contributed by atoms with van der Waals surface area (Å²) in [6, 6.07) is 5.69. The van der Waals surface area contributed by atoms with Crippen LogP contribution in [-0.4, -0.2) is 4.98 Å². The molecule has 12 heavy (non-hydrogen) atoms. The van der Waals surface area contributed by atoms with Gasteiger partial charge in [0.25, 0.3) is 0 Å². The minimum absolute atomic E-state index is 0. The van der Waals surface area contributed by atoms with Crippen molar-refractivity contribution in [3.63, 3.8) is 0 Å². The number of nitrogens with one attached hydrogen (secondary N) is 1. The van der Waals surface area contributed by atoms with Gasteiger partial charge in [0.05, 0.1) is 0 Å². The second-order valence-electron chi connectivity index (χ2n) is 2.51. The Morgan fingerprint density at radius 3 is 2.42 bits per heavy atom. The molecule has 0 bridgehead atoms. The lowest BCUT2D eigenvalue weighted by atomic mass is 10.1. The Hall–Kier alpha value is -1.35. The van der Waals surface area contributed by atoms with Gasteiger partial charge in [0.2, 0.25) is 0 Å². The van der Waals surface area contributed by atoms with E-state index in [1.807, 2.05) is 18.2 Å². The lowest BCUT2D eigenvalue weighted by molar-refractivity contribution is 1.34. The van der Waals surface area contributed by atoms with Gasteiger partial charge in [-0.25, -0.2) is 0 Å². The highest BCUT2D eigenvalue weighted by Crippen LogP contribution is 2.32. The van der Waals surface area contributed by atoms with Crippen molar-refractivity contribution in [1.82, 2.24) is 4.98 Å². The molecule has 0 amide bonds. The molecule has 0 atom stereocenters. The fraction of sp³-hybridized carbons (Fsp3) is 0. The molecule has 0 aromatic carbocycles. The van der Waals surface area contributed by atoms with Crippen LogP contribution in [0.3, 0.4) is 0 Å². The number of halogens is 1. The van der Waals surface area contributed by atoms with E-state index in [0.717, 1.165) is 16.8 Å². The van der Waals surface area contributed by atoms with E-state index in [1.54, 1.807) is 6.20 Å². The molecule has 64 valence electrons. The Kier molecular flexibility index (Phi) is 2.15. The number of hydrogen-bond acceptors (Lipinski definition) is 2. The van der Waals surface area contributed by atoms with Gasteiger partial charge in [-0.3, -0.25) is 0 Å². The van der Waals surface area contributed by atoms with Crippen LogP contribution in [0.1, 0.15) is 0 Å². The minimum Gasteiger partial charge on any atom is -0.398 e. The topological polar surface area (TPSA) is 67.8 Å². The van der Waals surface area contributed by atoms with E-state index in [9.17, 15) is 0 Å². The third-order valence-electron chi connectivity index (χ3n) is 1.81. The largest absolute Gasteiger partial charge is 0.398 e. The first-order valence-corrected chi connectivity index (χ1v) is 3.40. The molecule has 2 rings (SSSR count). The van der Waals surface area contributed by atoms with Crippen LogP contribution in [0, 0.1) is 0 Å². The lowest BCUT2D eigenvalue weighted by Crippen LogP contribution is -1.93. The van der Waals surface area contributed by atoms with Gasteiger partial charge in [0, 0.05) is 23.0 Å². The van der Waals surface area contributed by atoms with Crippen LogP contribution in [0.5, 0.6) is 0 Å². The van der Waals surface area contributed by atoms with Crippen molar-refractivity contribution in [3.05, 3.63) is 24.4 Å². The van der Waals surface area contributed by atoms with E-state index >= 15 is 0 Å². The molecule has 0 spiro atoms. The van der Waals surface area contributed by atoms with Crippen molar-refractivity contribution < 1.29 is 0 Å². The molecule has 0 fully saturated rings. The van der Waals surface area contributed by atoms with Gasteiger partial charge in [-0.15, -0.1) is 12.4 Å². The van der Waals surface area contributed by atoms with Gasteiger partial charge in [0.1, 0.15) is 5.82 Å². The molecule has 2 aliphatic rings. The summed E-state index contributed by atoms with van der Waals surface area (Å²) in [7, 11) is 0. The number of pyridine rings is 1. The molecule has 1 aliphatic carbocycles. The number of nitrogens with two attached hydrogens (primary N) is 2. The van der Waals surface area contributed by atoms with Gasteiger partial charge < -0.3 is 16.5 Å². The Balaban J connectivity index is 0.000000720. The molecule has 1 aliphatic heterocycles. The van der Waals surface area contributed by atoms with Crippen LogP contribution in [-0.2, 0) is 0 Å². The van der Waals surface area contributed by atoms with Gasteiger partial charge in [0.15, 0.2) is 0 Å². The predicted molar refractivity (Wildman–Crippen MR) is 53.5 cm³/mol. The predicted octanol–water partition coefficient (Wildman–Crippen LogP) is 1.71. The zero-order chi connectivity index (χ0) is 7.84. The molecular formula is C8H10ClN3. The number of nitrogen functional groups attached to an aromatic ring is 2. The molecule has 3 nitrogen and oxygen atoms in total. The summed E-state index contributed by atoms with van der Waals surface area (Å²) >= 11 is 0. The quantitative estimate of drug-likeness (QED) is 0.582. The summed E-state index contributed by atoms with van der Waals surface area (Å²) in [6.07, 6.45) is 1.79. The summed E-state index contributed by atoms with van der Waals surface area (Å²) < 4.78 is 0. The Bertz CT molecular complexity index is 356. The van der Waals surface area contributed by atoms with Crippen molar-refractivity contribution in [2.45, 2.75) is 0 Å².